The molecule has 252 valence electrons. The molecule has 8 heterocycles. The van der Waals surface area contributed by atoms with E-state index in [4.69, 9.17) is 27.5 Å². The van der Waals surface area contributed by atoms with E-state index in [1.54, 1.807) is 46.0 Å². The van der Waals surface area contributed by atoms with E-state index in [0.717, 1.165) is 10.1 Å². The SMILES string of the molecule is CC1(C)OC[C@H](c2ccn(C3=CC4CN(C3)C(=O)N4OS(=O)(=O)ON3C(=O)N4CC(n5ccc([C@H]6COC(C)(C)O6)n5)=CC3C4)n2)O1. The van der Waals surface area contributed by atoms with Crippen LogP contribution in [0.2, 0.25) is 0 Å². The number of ether oxygens (including phenoxy) is 4. The summed E-state index contributed by atoms with van der Waals surface area (Å²) in [6.07, 6.45) is 6.23. The lowest BCUT2D eigenvalue weighted by atomic mass is 10.2. The summed E-state index contributed by atoms with van der Waals surface area (Å²) < 4.78 is 62.9. The second-order valence-corrected chi connectivity index (χ2v) is 14.1. The summed E-state index contributed by atoms with van der Waals surface area (Å²) >= 11 is 0. The molecule has 6 aliphatic heterocycles. The van der Waals surface area contributed by atoms with Crippen LogP contribution in [0.4, 0.5) is 9.59 Å². The molecule has 0 aromatic carbocycles. The molecule has 47 heavy (non-hydrogen) atoms. The molecule has 4 atom stereocenters. The number of hydrogen-bond donors (Lipinski definition) is 0. The zero-order valence-corrected chi connectivity index (χ0v) is 26.9. The quantitative estimate of drug-likeness (QED) is 0.395. The molecule has 8 rings (SSSR count). The van der Waals surface area contributed by atoms with Crippen LogP contribution in [0.5, 0.6) is 0 Å². The Morgan fingerprint density at radius 1 is 0.745 bits per heavy atom. The average molecular weight is 675 g/mol. The Morgan fingerprint density at radius 2 is 1.17 bits per heavy atom. The van der Waals surface area contributed by atoms with Crippen molar-refractivity contribution >= 4 is 33.9 Å². The fraction of sp³-hybridized carbons (Fsp3) is 0.571. The van der Waals surface area contributed by atoms with E-state index in [9.17, 15) is 18.0 Å². The van der Waals surface area contributed by atoms with Gasteiger partial charge in [0.05, 0.1) is 49.1 Å². The fourth-order valence-electron chi connectivity index (χ4n) is 6.45. The summed E-state index contributed by atoms with van der Waals surface area (Å²) in [6.45, 7) is 8.78. The zero-order valence-electron chi connectivity index (χ0n) is 26.1. The Labute approximate surface area is 269 Å². The minimum atomic E-state index is -4.90. The lowest BCUT2D eigenvalue weighted by molar-refractivity contribution is -0.140. The van der Waals surface area contributed by atoms with E-state index in [-0.39, 0.29) is 38.4 Å². The number of hydroxylamine groups is 4. The first-order valence-corrected chi connectivity index (χ1v) is 16.5. The molecule has 4 amide bonds. The van der Waals surface area contributed by atoms with Gasteiger partial charge in [-0.2, -0.15) is 28.7 Å². The van der Waals surface area contributed by atoms with Crippen molar-refractivity contribution in [3.05, 3.63) is 48.1 Å². The first-order chi connectivity index (χ1) is 22.2. The van der Waals surface area contributed by atoms with Crippen LogP contribution in [0.25, 0.3) is 11.4 Å². The molecule has 19 heteroatoms. The molecule has 18 nitrogen and oxygen atoms in total. The summed E-state index contributed by atoms with van der Waals surface area (Å²) in [6, 6.07) is 0.783. The monoisotopic (exact) mass is 674 g/mol. The number of carbonyl (C=O) groups excluding carboxylic acids is 2. The molecule has 2 aromatic heterocycles. The maximum Gasteiger partial charge on any atom is 0.442 e. The van der Waals surface area contributed by atoms with Crippen LogP contribution in [-0.4, -0.2) is 123 Å². The van der Waals surface area contributed by atoms with Gasteiger partial charge in [-0.3, -0.25) is 0 Å². The summed E-state index contributed by atoms with van der Waals surface area (Å²) in [5, 5.41) is 10.7. The second kappa shape index (κ2) is 10.6. The van der Waals surface area contributed by atoms with Crippen molar-refractivity contribution in [3.63, 3.8) is 0 Å². The number of rotatable bonds is 8. The third kappa shape index (κ3) is 5.60. The standard InChI is InChI=1S/C28H34N8O10S/c1-27(2)41-15-23(43-27)21-5-7-33(29-21)17-9-19-13-31(11-17)25(37)35(19)45-47(39,40)46-36-20-10-18(12-32(14-20)26(36)38)34-8-6-22(30-34)24-16-42-28(3,4)44-24/h5-10,19-20,23-24H,11-16H2,1-4H3/t19?,20?,23-,24-/m1/s1. The second-order valence-electron chi connectivity index (χ2n) is 13.0. The van der Waals surface area contributed by atoms with Crippen LogP contribution < -0.4 is 0 Å². The predicted molar refractivity (Wildman–Crippen MR) is 157 cm³/mol. The Hall–Kier alpha value is -3.85. The summed E-state index contributed by atoms with van der Waals surface area (Å²) in [4.78, 5) is 29.1. The number of aromatic nitrogens is 4. The lowest BCUT2D eigenvalue weighted by Gasteiger charge is -2.22. The number of urea groups is 2. The van der Waals surface area contributed by atoms with Gasteiger partial charge in [-0.05, 0) is 52.0 Å². The molecular formula is C28H34N8O10S. The summed E-state index contributed by atoms with van der Waals surface area (Å²) in [5.74, 6) is -1.42. The van der Waals surface area contributed by atoms with Crippen LogP contribution in [-0.2, 0) is 37.9 Å². The van der Waals surface area contributed by atoms with E-state index < -0.39 is 46.1 Å². The minimum absolute atomic E-state index is 0.173. The van der Waals surface area contributed by atoms with Gasteiger partial charge < -0.3 is 28.7 Å². The zero-order chi connectivity index (χ0) is 32.9. The van der Waals surface area contributed by atoms with Crippen molar-refractivity contribution in [1.82, 2.24) is 39.5 Å². The van der Waals surface area contributed by atoms with Crippen LogP contribution >= 0.6 is 0 Å². The lowest BCUT2D eigenvalue weighted by Crippen LogP contribution is -2.40. The molecule has 4 fully saturated rings. The fourth-order valence-corrected chi connectivity index (χ4v) is 7.22. The van der Waals surface area contributed by atoms with Gasteiger partial charge >= 0.3 is 22.5 Å². The molecule has 2 unspecified atom stereocenters. The molecular weight excluding hydrogens is 640 g/mol. The van der Waals surface area contributed by atoms with Gasteiger partial charge in [0.1, 0.15) is 24.3 Å². The number of nitrogens with zero attached hydrogens (tertiary/aromatic N) is 8. The molecule has 0 spiro atoms. The first kappa shape index (κ1) is 30.5. The maximum atomic E-state index is 13.1. The van der Waals surface area contributed by atoms with Gasteiger partial charge in [-0.1, -0.05) is 0 Å². The largest absolute Gasteiger partial charge is 0.442 e. The van der Waals surface area contributed by atoms with Crippen molar-refractivity contribution < 1.29 is 45.5 Å². The molecule has 4 bridgehead atoms. The van der Waals surface area contributed by atoms with Gasteiger partial charge in [0.2, 0.25) is 0 Å². The van der Waals surface area contributed by atoms with Gasteiger partial charge in [0.15, 0.2) is 11.6 Å². The Bertz CT molecular complexity index is 1680. The number of hydrogen-bond acceptors (Lipinski definition) is 12. The number of fused-ring (bicyclic) bond motifs is 4. The first-order valence-electron chi connectivity index (χ1n) is 15.2. The summed E-state index contributed by atoms with van der Waals surface area (Å²) in [5.41, 5.74) is 2.63. The smallest absolute Gasteiger partial charge is 0.347 e. The van der Waals surface area contributed by atoms with Gasteiger partial charge in [-0.15, -0.1) is 8.57 Å². The average Bonchev–Trinajstić information content (AvgIpc) is 3.86. The molecule has 0 N–H and O–H groups in total. The van der Waals surface area contributed by atoms with E-state index in [1.165, 1.54) is 9.80 Å². The van der Waals surface area contributed by atoms with Gasteiger partial charge in [0.25, 0.3) is 0 Å². The predicted octanol–water partition coefficient (Wildman–Crippen LogP) is 1.46. The highest BCUT2D eigenvalue weighted by molar-refractivity contribution is 7.81. The van der Waals surface area contributed by atoms with Gasteiger partial charge in [-0.25, -0.2) is 19.0 Å². The van der Waals surface area contributed by atoms with E-state index in [0.29, 0.717) is 36.0 Å². The summed E-state index contributed by atoms with van der Waals surface area (Å²) in [7, 11) is -4.90. The normalized spacial score (nSPS) is 29.7. The topological polar surface area (TPSA) is 172 Å². The maximum absolute atomic E-state index is 13.1. The van der Waals surface area contributed by atoms with Crippen LogP contribution in [0.3, 0.4) is 0 Å². The molecule has 0 radical (unpaired) electrons. The van der Waals surface area contributed by atoms with Gasteiger partial charge in [0, 0.05) is 25.5 Å². The molecule has 6 aliphatic rings. The van der Waals surface area contributed by atoms with Crippen molar-refractivity contribution in [3.8, 4) is 0 Å². The molecule has 4 saturated heterocycles. The van der Waals surface area contributed by atoms with Crippen LogP contribution in [0.15, 0.2) is 36.7 Å². The van der Waals surface area contributed by atoms with Crippen LogP contribution in [0.1, 0.15) is 51.3 Å². The Kier molecular flexibility index (Phi) is 6.86. The highest BCUT2D eigenvalue weighted by Gasteiger charge is 2.48. The highest BCUT2D eigenvalue weighted by atomic mass is 32.3. The van der Waals surface area contributed by atoms with Crippen molar-refractivity contribution in [2.24, 2.45) is 0 Å². The van der Waals surface area contributed by atoms with Crippen molar-refractivity contribution in [1.29, 1.82) is 0 Å². The van der Waals surface area contributed by atoms with E-state index >= 15 is 0 Å². The van der Waals surface area contributed by atoms with Crippen molar-refractivity contribution in [2.75, 3.05) is 39.4 Å². The number of carbonyl (C=O) groups is 2. The third-order valence-corrected chi connectivity index (χ3v) is 9.32. The molecule has 2 aromatic rings. The Morgan fingerprint density at radius 3 is 1.55 bits per heavy atom. The van der Waals surface area contributed by atoms with Crippen molar-refractivity contribution in [2.45, 2.75) is 63.6 Å². The van der Waals surface area contributed by atoms with Crippen LogP contribution in [0, 0.1) is 0 Å². The third-order valence-electron chi connectivity index (χ3n) is 8.64. The molecule has 0 saturated carbocycles. The highest BCUT2D eigenvalue weighted by Crippen LogP contribution is 2.35. The molecule has 0 aliphatic carbocycles. The number of amides is 4. The van der Waals surface area contributed by atoms with E-state index in [1.807, 2.05) is 27.7 Å². The van der Waals surface area contributed by atoms with E-state index in [2.05, 4.69) is 10.2 Å². The minimum Gasteiger partial charge on any atom is -0.347 e. The Balaban J connectivity index is 0.942.